The number of nitrogens with zero attached hydrogens (tertiary/aromatic N) is 1. The molecule has 0 saturated carbocycles. The molecule has 168 valence electrons. The number of methoxy groups -OCH3 is 1. The highest BCUT2D eigenvalue weighted by molar-refractivity contribution is 7.89. The highest BCUT2D eigenvalue weighted by Crippen LogP contribution is 2.34. The van der Waals surface area contributed by atoms with Crippen LogP contribution in [0.4, 0.5) is 4.39 Å². The fraction of sp³-hybridized carbons (Fsp3) is 0.250. The molecule has 6 nitrogen and oxygen atoms in total. The third-order valence-electron chi connectivity index (χ3n) is 5.16. The van der Waals surface area contributed by atoms with E-state index in [4.69, 9.17) is 14.2 Å². The van der Waals surface area contributed by atoms with Crippen molar-refractivity contribution in [3.63, 3.8) is 0 Å². The number of sulfonamides is 1. The lowest BCUT2D eigenvalue weighted by Gasteiger charge is -2.23. The number of fused-ring (bicyclic) bond motifs is 1. The molecule has 8 heteroatoms. The molecule has 1 unspecified atom stereocenters. The molecule has 1 aliphatic heterocycles. The fourth-order valence-corrected chi connectivity index (χ4v) is 5.18. The van der Waals surface area contributed by atoms with Gasteiger partial charge in [0.05, 0.1) is 26.9 Å². The number of hydrogen-bond acceptors (Lipinski definition) is 5. The average Bonchev–Trinajstić information content (AvgIpc) is 2.89. The zero-order chi connectivity index (χ0) is 22.6. The molecule has 32 heavy (non-hydrogen) atoms. The van der Waals surface area contributed by atoms with Gasteiger partial charge in [0.2, 0.25) is 10.0 Å². The van der Waals surface area contributed by atoms with E-state index in [1.807, 2.05) is 30.3 Å². The Morgan fingerprint density at radius 2 is 1.75 bits per heavy atom. The van der Waals surface area contributed by atoms with Gasteiger partial charge in [-0.1, -0.05) is 48.5 Å². The summed E-state index contributed by atoms with van der Waals surface area (Å²) < 4.78 is 59.4. The summed E-state index contributed by atoms with van der Waals surface area (Å²) in [7, 11) is -2.57. The standard InChI is InChI=1S/C24H24FNO5S/c1-29-20-12-10-18(11-13-20)14-26-15-21(17-30-16-19-6-3-2-4-7-19)31-23-9-5-8-22(25)24(23)32(26,27)28/h2-13,21H,14-17H2,1H3. The number of halogens is 1. The molecule has 1 aliphatic rings. The van der Waals surface area contributed by atoms with Gasteiger partial charge in [0.25, 0.3) is 0 Å². The Balaban J connectivity index is 1.58. The largest absolute Gasteiger partial charge is 0.497 e. The van der Waals surface area contributed by atoms with Crippen LogP contribution in [0.25, 0.3) is 0 Å². The summed E-state index contributed by atoms with van der Waals surface area (Å²) in [5.41, 5.74) is 1.74. The Bertz CT molecular complexity index is 1150. The smallest absolute Gasteiger partial charge is 0.250 e. The molecule has 0 amide bonds. The lowest BCUT2D eigenvalue weighted by molar-refractivity contribution is 0.0334. The molecule has 1 heterocycles. The molecule has 0 fully saturated rings. The highest BCUT2D eigenvalue weighted by atomic mass is 32.2. The van der Waals surface area contributed by atoms with Crippen LogP contribution in [0.3, 0.4) is 0 Å². The van der Waals surface area contributed by atoms with E-state index in [1.54, 1.807) is 31.4 Å². The van der Waals surface area contributed by atoms with Crippen LogP contribution < -0.4 is 9.47 Å². The fourth-order valence-electron chi connectivity index (χ4n) is 3.56. The van der Waals surface area contributed by atoms with Gasteiger partial charge in [-0.05, 0) is 35.4 Å². The van der Waals surface area contributed by atoms with Gasteiger partial charge >= 0.3 is 0 Å². The van der Waals surface area contributed by atoms with Gasteiger partial charge < -0.3 is 14.2 Å². The summed E-state index contributed by atoms with van der Waals surface area (Å²) in [6, 6.07) is 20.7. The van der Waals surface area contributed by atoms with Crippen molar-refractivity contribution in [1.82, 2.24) is 4.31 Å². The van der Waals surface area contributed by atoms with E-state index >= 15 is 0 Å². The molecule has 3 aromatic carbocycles. The van der Waals surface area contributed by atoms with Crippen LogP contribution in [0.1, 0.15) is 11.1 Å². The number of rotatable bonds is 7. The van der Waals surface area contributed by atoms with Gasteiger partial charge in [-0.2, -0.15) is 4.31 Å². The molecule has 0 saturated heterocycles. The van der Waals surface area contributed by atoms with Crippen molar-refractivity contribution in [2.24, 2.45) is 0 Å². The first-order valence-corrected chi connectivity index (χ1v) is 11.6. The summed E-state index contributed by atoms with van der Waals surface area (Å²) >= 11 is 0. The van der Waals surface area contributed by atoms with E-state index in [9.17, 15) is 12.8 Å². The maximum Gasteiger partial charge on any atom is 0.250 e. The van der Waals surface area contributed by atoms with Crippen molar-refractivity contribution in [2.45, 2.75) is 24.2 Å². The molecule has 0 radical (unpaired) electrons. The van der Waals surface area contributed by atoms with Crippen molar-refractivity contribution < 1.29 is 27.0 Å². The predicted octanol–water partition coefficient (Wildman–Crippen LogP) is 4.00. The monoisotopic (exact) mass is 457 g/mol. The minimum absolute atomic E-state index is 0.00413. The predicted molar refractivity (Wildman–Crippen MR) is 118 cm³/mol. The second-order valence-corrected chi connectivity index (χ2v) is 9.33. The van der Waals surface area contributed by atoms with Crippen molar-refractivity contribution in [2.75, 3.05) is 20.3 Å². The third kappa shape index (κ3) is 4.93. The van der Waals surface area contributed by atoms with Gasteiger partial charge in [0, 0.05) is 6.54 Å². The van der Waals surface area contributed by atoms with Gasteiger partial charge in [-0.3, -0.25) is 0 Å². The summed E-state index contributed by atoms with van der Waals surface area (Å²) in [5, 5.41) is 0. The molecule has 3 aromatic rings. The number of ether oxygens (including phenoxy) is 3. The van der Waals surface area contributed by atoms with Crippen LogP contribution in [0.5, 0.6) is 11.5 Å². The van der Waals surface area contributed by atoms with Crippen molar-refractivity contribution >= 4 is 10.0 Å². The SMILES string of the molecule is COc1ccc(CN2CC(COCc3ccccc3)Oc3cccc(F)c3S2(=O)=O)cc1. The van der Waals surface area contributed by atoms with E-state index in [1.165, 1.54) is 16.4 Å². The molecule has 1 atom stereocenters. The maximum absolute atomic E-state index is 14.6. The molecule has 0 aromatic heterocycles. The topological polar surface area (TPSA) is 65.1 Å². The molecule has 0 N–H and O–H groups in total. The number of benzene rings is 3. The van der Waals surface area contributed by atoms with Crippen LogP contribution in [0.15, 0.2) is 77.7 Å². The minimum Gasteiger partial charge on any atom is -0.497 e. The second-order valence-electron chi connectivity index (χ2n) is 7.45. The van der Waals surface area contributed by atoms with E-state index < -0.39 is 26.8 Å². The third-order valence-corrected chi connectivity index (χ3v) is 7.03. The Labute approximate surface area is 187 Å². The van der Waals surface area contributed by atoms with E-state index in [0.29, 0.717) is 12.4 Å². The number of hydrogen-bond donors (Lipinski definition) is 0. The van der Waals surface area contributed by atoms with Gasteiger partial charge in [0.15, 0.2) is 4.90 Å². The normalized spacial score (nSPS) is 17.8. The maximum atomic E-state index is 14.6. The van der Waals surface area contributed by atoms with Gasteiger partial charge in [-0.15, -0.1) is 0 Å². The summed E-state index contributed by atoms with van der Waals surface area (Å²) in [5.74, 6) is -0.178. The van der Waals surface area contributed by atoms with Crippen LogP contribution in [0.2, 0.25) is 0 Å². The van der Waals surface area contributed by atoms with Crippen LogP contribution in [0, 0.1) is 5.82 Å². The van der Waals surface area contributed by atoms with E-state index in [0.717, 1.165) is 17.2 Å². The molecular weight excluding hydrogens is 433 g/mol. The molecule has 0 spiro atoms. The minimum atomic E-state index is -4.13. The second kappa shape index (κ2) is 9.68. The van der Waals surface area contributed by atoms with Crippen molar-refractivity contribution in [1.29, 1.82) is 0 Å². The summed E-state index contributed by atoms with van der Waals surface area (Å²) in [6.45, 7) is 0.608. The van der Waals surface area contributed by atoms with Crippen LogP contribution >= 0.6 is 0 Å². The lowest BCUT2D eigenvalue weighted by Crippen LogP contribution is -2.39. The Kier molecular flexibility index (Phi) is 6.74. The first-order chi connectivity index (χ1) is 15.5. The van der Waals surface area contributed by atoms with E-state index in [2.05, 4.69) is 0 Å². The van der Waals surface area contributed by atoms with E-state index in [-0.39, 0.29) is 25.4 Å². The van der Waals surface area contributed by atoms with Gasteiger partial charge in [-0.25, -0.2) is 12.8 Å². The Morgan fingerprint density at radius 3 is 2.47 bits per heavy atom. The molecular formula is C24H24FNO5S. The van der Waals surface area contributed by atoms with Crippen LogP contribution in [-0.2, 0) is 27.9 Å². The molecule has 0 bridgehead atoms. The first kappa shape index (κ1) is 22.3. The molecule has 0 aliphatic carbocycles. The Morgan fingerprint density at radius 1 is 1.00 bits per heavy atom. The van der Waals surface area contributed by atoms with Crippen molar-refractivity contribution in [3.8, 4) is 11.5 Å². The summed E-state index contributed by atoms with van der Waals surface area (Å²) in [4.78, 5) is -0.445. The van der Waals surface area contributed by atoms with Crippen LogP contribution in [-0.4, -0.2) is 39.1 Å². The zero-order valence-corrected chi connectivity index (χ0v) is 18.4. The molecule has 4 rings (SSSR count). The lowest BCUT2D eigenvalue weighted by atomic mass is 10.2. The average molecular weight is 458 g/mol. The first-order valence-electron chi connectivity index (χ1n) is 10.2. The van der Waals surface area contributed by atoms with Crippen molar-refractivity contribution in [3.05, 3.63) is 89.7 Å². The highest BCUT2D eigenvalue weighted by Gasteiger charge is 2.37. The Hall–Kier alpha value is -2.94. The zero-order valence-electron chi connectivity index (χ0n) is 17.6. The van der Waals surface area contributed by atoms with Gasteiger partial charge in [0.1, 0.15) is 23.4 Å². The summed E-state index contributed by atoms with van der Waals surface area (Å²) in [6.07, 6.45) is -0.602. The quantitative estimate of drug-likeness (QED) is 0.537.